The maximum Gasteiger partial charge on any atom is 0.292 e. The average molecular weight is 323 g/mol. The van der Waals surface area contributed by atoms with Crippen molar-refractivity contribution in [2.24, 2.45) is 0 Å². The lowest BCUT2D eigenvalue weighted by Gasteiger charge is -2.04. The number of aromatic nitrogens is 2. The number of nitro groups is 1. The lowest BCUT2D eigenvalue weighted by atomic mass is 10.2. The highest BCUT2D eigenvalue weighted by molar-refractivity contribution is 5.92. The molecule has 0 bridgehead atoms. The van der Waals surface area contributed by atoms with Gasteiger partial charge in [0.1, 0.15) is 5.69 Å². The van der Waals surface area contributed by atoms with Crippen LogP contribution in [-0.2, 0) is 11.3 Å². The molecule has 1 aromatic heterocycles. The SMILES string of the molecule is C=Cn1c[n+](CC(=O)Nc2ccccc2[N+](=O)[O-])c2ccccc21. The molecule has 1 N–H and O–H groups in total. The normalized spacial score (nSPS) is 10.5. The third-order valence-electron chi connectivity index (χ3n) is 3.62. The summed E-state index contributed by atoms with van der Waals surface area (Å²) >= 11 is 0. The minimum absolute atomic E-state index is 0.0351. The Labute approximate surface area is 137 Å². The standard InChI is InChI=1S/C17H14N4O3/c1-2-19-12-20(16-10-6-5-9-15(16)19)11-17(22)18-13-7-3-4-8-14(13)21(23)24/h2-10,12H,1,11H2/p+1. The summed E-state index contributed by atoms with van der Waals surface area (Å²) in [5, 5.41) is 13.6. The Balaban J connectivity index is 1.86. The number of fused-ring (bicyclic) bond motifs is 1. The van der Waals surface area contributed by atoms with Crippen LogP contribution < -0.4 is 9.88 Å². The molecule has 0 spiro atoms. The van der Waals surface area contributed by atoms with E-state index in [4.69, 9.17) is 0 Å². The molecule has 0 aliphatic rings. The Morgan fingerprint density at radius 2 is 1.96 bits per heavy atom. The molecule has 1 amide bonds. The van der Waals surface area contributed by atoms with Crippen LogP contribution in [0.4, 0.5) is 11.4 Å². The van der Waals surface area contributed by atoms with Crippen molar-refractivity contribution in [2.45, 2.75) is 6.54 Å². The van der Waals surface area contributed by atoms with Gasteiger partial charge in [0, 0.05) is 6.07 Å². The highest BCUT2D eigenvalue weighted by Crippen LogP contribution is 2.23. The topological polar surface area (TPSA) is 81.0 Å². The number of hydrogen-bond donors (Lipinski definition) is 1. The molecule has 0 aliphatic heterocycles. The second-order valence-electron chi connectivity index (χ2n) is 5.14. The minimum atomic E-state index is -0.521. The van der Waals surface area contributed by atoms with Gasteiger partial charge in [-0.2, -0.15) is 0 Å². The van der Waals surface area contributed by atoms with Crippen molar-refractivity contribution in [3.05, 3.63) is 71.6 Å². The van der Waals surface area contributed by atoms with E-state index in [9.17, 15) is 14.9 Å². The first-order chi connectivity index (χ1) is 11.6. The average Bonchev–Trinajstić information content (AvgIpc) is 2.93. The molecule has 0 aliphatic carbocycles. The van der Waals surface area contributed by atoms with Gasteiger partial charge in [0.2, 0.25) is 6.33 Å². The lowest BCUT2D eigenvalue weighted by Crippen LogP contribution is -2.39. The summed E-state index contributed by atoms with van der Waals surface area (Å²) in [5.41, 5.74) is 1.84. The molecule has 0 unspecified atom stereocenters. The molecule has 7 nitrogen and oxygen atoms in total. The van der Waals surface area contributed by atoms with Crippen molar-refractivity contribution >= 4 is 34.5 Å². The predicted molar refractivity (Wildman–Crippen MR) is 90.2 cm³/mol. The lowest BCUT2D eigenvalue weighted by molar-refractivity contribution is -0.658. The van der Waals surface area contributed by atoms with Gasteiger partial charge in [-0.3, -0.25) is 14.9 Å². The van der Waals surface area contributed by atoms with Gasteiger partial charge in [-0.1, -0.05) is 30.8 Å². The van der Waals surface area contributed by atoms with Gasteiger partial charge in [-0.15, -0.1) is 0 Å². The molecule has 2 aromatic carbocycles. The van der Waals surface area contributed by atoms with E-state index in [1.165, 1.54) is 12.1 Å². The number of anilines is 1. The maximum absolute atomic E-state index is 12.3. The summed E-state index contributed by atoms with van der Waals surface area (Å²) in [6, 6.07) is 13.7. The van der Waals surface area contributed by atoms with Gasteiger partial charge in [-0.05, 0) is 18.2 Å². The fourth-order valence-corrected chi connectivity index (χ4v) is 2.55. The third kappa shape index (κ3) is 2.87. The Morgan fingerprint density at radius 1 is 1.25 bits per heavy atom. The number of amides is 1. The van der Waals surface area contributed by atoms with Crippen LogP contribution in [0.1, 0.15) is 0 Å². The highest BCUT2D eigenvalue weighted by atomic mass is 16.6. The number of hydrogen-bond acceptors (Lipinski definition) is 3. The van der Waals surface area contributed by atoms with Crippen LogP contribution in [0.3, 0.4) is 0 Å². The van der Waals surface area contributed by atoms with E-state index in [0.29, 0.717) is 0 Å². The third-order valence-corrected chi connectivity index (χ3v) is 3.62. The van der Waals surface area contributed by atoms with Crippen molar-refractivity contribution in [1.29, 1.82) is 0 Å². The van der Waals surface area contributed by atoms with Crippen LogP contribution in [0.15, 0.2) is 61.4 Å². The Morgan fingerprint density at radius 3 is 2.71 bits per heavy atom. The van der Waals surface area contributed by atoms with Crippen molar-refractivity contribution < 1.29 is 14.3 Å². The van der Waals surface area contributed by atoms with E-state index in [1.807, 2.05) is 28.8 Å². The van der Waals surface area contributed by atoms with Gasteiger partial charge in [0.15, 0.2) is 17.6 Å². The molecule has 0 atom stereocenters. The number of para-hydroxylation sites is 4. The number of carbonyl (C=O) groups excluding carboxylic acids is 1. The van der Waals surface area contributed by atoms with Crippen molar-refractivity contribution in [2.75, 3.05) is 5.32 Å². The Bertz CT molecular complexity index is 946. The second-order valence-corrected chi connectivity index (χ2v) is 5.14. The largest absolute Gasteiger partial charge is 0.317 e. The number of imidazole rings is 1. The van der Waals surface area contributed by atoms with E-state index in [-0.39, 0.29) is 23.8 Å². The monoisotopic (exact) mass is 323 g/mol. The molecule has 0 saturated carbocycles. The van der Waals surface area contributed by atoms with Gasteiger partial charge >= 0.3 is 0 Å². The first-order valence-electron chi connectivity index (χ1n) is 7.25. The molecule has 3 rings (SSSR count). The molecule has 1 heterocycles. The molecule has 7 heteroatoms. The Kier molecular flexibility index (Phi) is 4.07. The zero-order valence-electron chi connectivity index (χ0n) is 12.8. The molecule has 3 aromatic rings. The number of benzene rings is 2. The summed E-state index contributed by atoms with van der Waals surface area (Å²) in [6.07, 6.45) is 3.41. The van der Waals surface area contributed by atoms with Crippen LogP contribution in [0.25, 0.3) is 17.2 Å². The summed E-state index contributed by atoms with van der Waals surface area (Å²) in [4.78, 5) is 22.8. The number of nitrogens with one attached hydrogen (secondary N) is 1. The van der Waals surface area contributed by atoms with Crippen molar-refractivity contribution in [3.63, 3.8) is 0 Å². The van der Waals surface area contributed by atoms with Crippen molar-refractivity contribution in [1.82, 2.24) is 4.57 Å². The van der Waals surface area contributed by atoms with Gasteiger partial charge in [0.25, 0.3) is 11.6 Å². The molecule has 24 heavy (non-hydrogen) atoms. The number of rotatable bonds is 5. The van der Waals surface area contributed by atoms with Crippen molar-refractivity contribution in [3.8, 4) is 0 Å². The fraction of sp³-hybridized carbons (Fsp3) is 0.0588. The number of nitro benzene ring substituents is 1. The molecule has 0 radical (unpaired) electrons. The smallest absolute Gasteiger partial charge is 0.292 e. The van der Waals surface area contributed by atoms with Crippen LogP contribution in [0.5, 0.6) is 0 Å². The molecular weight excluding hydrogens is 308 g/mol. The summed E-state index contributed by atoms with van der Waals surface area (Å²) in [5.74, 6) is -0.346. The Hall–Kier alpha value is -3.48. The first kappa shape index (κ1) is 15.4. The summed E-state index contributed by atoms with van der Waals surface area (Å²) in [7, 11) is 0. The number of nitrogens with zero attached hydrogens (tertiary/aromatic N) is 3. The van der Waals surface area contributed by atoms with Crippen LogP contribution >= 0.6 is 0 Å². The van der Waals surface area contributed by atoms with Gasteiger partial charge in [0.05, 0.1) is 11.1 Å². The molecule has 0 fully saturated rings. The first-order valence-corrected chi connectivity index (χ1v) is 7.25. The highest BCUT2D eigenvalue weighted by Gasteiger charge is 2.19. The van der Waals surface area contributed by atoms with Crippen LogP contribution in [-0.4, -0.2) is 15.4 Å². The molecular formula is C17H15N4O3+. The maximum atomic E-state index is 12.3. The molecule has 0 saturated heterocycles. The fourth-order valence-electron chi connectivity index (χ4n) is 2.55. The zero-order valence-corrected chi connectivity index (χ0v) is 12.8. The van der Waals surface area contributed by atoms with E-state index in [0.717, 1.165) is 11.0 Å². The molecule has 120 valence electrons. The summed E-state index contributed by atoms with van der Waals surface area (Å²) < 4.78 is 3.58. The minimum Gasteiger partial charge on any atom is -0.317 e. The quantitative estimate of drug-likeness (QED) is 0.445. The van der Waals surface area contributed by atoms with E-state index in [1.54, 1.807) is 29.2 Å². The zero-order chi connectivity index (χ0) is 17.1. The van der Waals surface area contributed by atoms with E-state index >= 15 is 0 Å². The second kappa shape index (κ2) is 6.33. The van der Waals surface area contributed by atoms with E-state index < -0.39 is 4.92 Å². The van der Waals surface area contributed by atoms with Crippen LogP contribution in [0, 0.1) is 10.1 Å². The van der Waals surface area contributed by atoms with Crippen LogP contribution in [0.2, 0.25) is 0 Å². The van der Waals surface area contributed by atoms with Gasteiger partial charge < -0.3 is 5.32 Å². The van der Waals surface area contributed by atoms with E-state index in [2.05, 4.69) is 11.9 Å². The van der Waals surface area contributed by atoms with Gasteiger partial charge in [-0.25, -0.2) is 9.13 Å². The predicted octanol–water partition coefficient (Wildman–Crippen LogP) is 2.58. The summed E-state index contributed by atoms with van der Waals surface area (Å²) in [6.45, 7) is 3.78. The number of carbonyl (C=O) groups is 1.